The molecule has 3 aromatic rings. The van der Waals surface area contributed by atoms with Crippen molar-refractivity contribution < 1.29 is 19.7 Å². The van der Waals surface area contributed by atoms with Crippen LogP contribution in [0.1, 0.15) is 11.1 Å². The van der Waals surface area contributed by atoms with Crippen LogP contribution in [0, 0.1) is 13.8 Å². The SMILES string of the molecule is Cc1c(Cl)cccc1N1CCN(CC(O)COc2ccc(OCC(O)CN3CCN(c4cccc(Cl)c4C)CC3)cc2)CC1. The largest absolute Gasteiger partial charge is 0.491 e. The number of ether oxygens (including phenoxy) is 2. The first-order chi connectivity index (χ1) is 21.3. The number of benzene rings is 3. The standard InChI is InChI=1S/C34H44Cl2N4O4/c1-25-31(35)5-3-7-33(25)39-17-13-37(14-18-39)21-27(41)23-43-29-9-11-30(12-10-29)44-24-28(42)22-38-15-19-40(20-16-38)34-8-4-6-32(36)26(34)2/h3-12,27-28,41-42H,13-24H2,1-2H3. The lowest BCUT2D eigenvalue weighted by atomic mass is 10.1. The van der Waals surface area contributed by atoms with Crippen LogP contribution in [-0.4, -0.2) is 111 Å². The quantitative estimate of drug-likeness (QED) is 0.294. The molecule has 8 nitrogen and oxygen atoms in total. The van der Waals surface area contributed by atoms with Crippen molar-refractivity contribution in [1.29, 1.82) is 0 Å². The summed E-state index contributed by atoms with van der Waals surface area (Å²) in [7, 11) is 0. The summed E-state index contributed by atoms with van der Waals surface area (Å²) in [4.78, 5) is 9.25. The van der Waals surface area contributed by atoms with Crippen molar-refractivity contribution in [2.24, 2.45) is 0 Å². The molecular weight excluding hydrogens is 599 g/mol. The van der Waals surface area contributed by atoms with Gasteiger partial charge in [0.25, 0.3) is 0 Å². The van der Waals surface area contributed by atoms with Crippen LogP contribution in [0.2, 0.25) is 10.0 Å². The lowest BCUT2D eigenvalue weighted by Gasteiger charge is -2.37. The summed E-state index contributed by atoms with van der Waals surface area (Å²) in [6, 6.07) is 19.4. The number of aliphatic hydroxyl groups excluding tert-OH is 2. The topological polar surface area (TPSA) is 71.9 Å². The number of piperazine rings is 2. The number of nitrogens with zero attached hydrogens (tertiary/aromatic N) is 4. The van der Waals surface area contributed by atoms with E-state index in [2.05, 4.69) is 45.6 Å². The molecule has 0 radical (unpaired) electrons. The second-order valence-corrected chi connectivity index (χ2v) is 12.6. The summed E-state index contributed by atoms with van der Waals surface area (Å²) >= 11 is 12.6. The molecule has 2 aliphatic rings. The van der Waals surface area contributed by atoms with Crippen LogP contribution in [-0.2, 0) is 0 Å². The number of hydrogen-bond acceptors (Lipinski definition) is 8. The van der Waals surface area contributed by atoms with Gasteiger partial charge < -0.3 is 29.5 Å². The fraction of sp³-hybridized carbons (Fsp3) is 0.471. The molecule has 2 aliphatic heterocycles. The highest BCUT2D eigenvalue weighted by Gasteiger charge is 2.22. The van der Waals surface area contributed by atoms with Gasteiger partial charge in [0.2, 0.25) is 0 Å². The van der Waals surface area contributed by atoms with E-state index in [-0.39, 0.29) is 13.2 Å². The van der Waals surface area contributed by atoms with E-state index < -0.39 is 12.2 Å². The third-order valence-corrected chi connectivity index (χ3v) is 9.37. The van der Waals surface area contributed by atoms with Crippen LogP contribution in [0.3, 0.4) is 0 Å². The highest BCUT2D eigenvalue weighted by Crippen LogP contribution is 2.28. The Morgan fingerprint density at radius 2 is 0.955 bits per heavy atom. The van der Waals surface area contributed by atoms with E-state index in [1.165, 1.54) is 11.4 Å². The van der Waals surface area contributed by atoms with Crippen LogP contribution >= 0.6 is 23.2 Å². The molecule has 3 aromatic carbocycles. The van der Waals surface area contributed by atoms with Crippen LogP contribution in [0.4, 0.5) is 11.4 Å². The average molecular weight is 644 g/mol. The summed E-state index contributed by atoms with van der Waals surface area (Å²) in [5.41, 5.74) is 4.58. The molecular formula is C34H44Cl2N4O4. The van der Waals surface area contributed by atoms with Gasteiger partial charge in [0.1, 0.15) is 36.9 Å². The number of β-amino-alcohol motifs (C(OH)–C–C–N with tert-alkyl or cyclic N) is 2. The van der Waals surface area contributed by atoms with Crippen LogP contribution in [0.15, 0.2) is 60.7 Å². The van der Waals surface area contributed by atoms with E-state index in [4.69, 9.17) is 32.7 Å². The third-order valence-electron chi connectivity index (χ3n) is 8.55. The fourth-order valence-electron chi connectivity index (χ4n) is 5.94. The van der Waals surface area contributed by atoms with Crippen LogP contribution < -0.4 is 19.3 Å². The van der Waals surface area contributed by atoms with E-state index in [1.54, 1.807) is 0 Å². The smallest absolute Gasteiger partial charge is 0.119 e. The van der Waals surface area contributed by atoms with E-state index in [1.807, 2.05) is 48.5 Å². The first-order valence-electron chi connectivity index (χ1n) is 15.4. The molecule has 0 amide bonds. The maximum absolute atomic E-state index is 10.6. The molecule has 0 bridgehead atoms. The minimum absolute atomic E-state index is 0.219. The molecule has 0 aliphatic carbocycles. The summed E-state index contributed by atoms with van der Waals surface area (Å²) in [5.74, 6) is 1.34. The molecule has 0 spiro atoms. The number of rotatable bonds is 12. The van der Waals surface area contributed by atoms with Gasteiger partial charge in [-0.3, -0.25) is 9.80 Å². The Morgan fingerprint density at radius 3 is 1.32 bits per heavy atom. The van der Waals surface area contributed by atoms with Gasteiger partial charge in [-0.25, -0.2) is 0 Å². The summed E-state index contributed by atoms with van der Waals surface area (Å²) in [5, 5.41) is 22.8. The molecule has 44 heavy (non-hydrogen) atoms. The monoisotopic (exact) mass is 642 g/mol. The van der Waals surface area contributed by atoms with Crippen molar-refractivity contribution in [2.75, 3.05) is 88.5 Å². The Balaban J connectivity index is 0.967. The second kappa shape index (κ2) is 15.5. The average Bonchev–Trinajstić information content (AvgIpc) is 3.03. The van der Waals surface area contributed by atoms with Crippen molar-refractivity contribution in [3.05, 3.63) is 81.8 Å². The predicted octanol–water partition coefficient (Wildman–Crippen LogP) is 4.73. The number of aliphatic hydroxyl groups is 2. The molecule has 0 aromatic heterocycles. The van der Waals surface area contributed by atoms with Crippen molar-refractivity contribution in [3.63, 3.8) is 0 Å². The number of halogens is 2. The molecule has 2 atom stereocenters. The van der Waals surface area contributed by atoms with Crippen molar-refractivity contribution in [2.45, 2.75) is 26.1 Å². The lowest BCUT2D eigenvalue weighted by molar-refractivity contribution is 0.0650. The Kier molecular flexibility index (Phi) is 11.5. The van der Waals surface area contributed by atoms with E-state index in [0.29, 0.717) is 24.6 Å². The molecule has 238 valence electrons. The van der Waals surface area contributed by atoms with Crippen molar-refractivity contribution >= 4 is 34.6 Å². The Morgan fingerprint density at radius 1 is 0.591 bits per heavy atom. The zero-order chi connectivity index (χ0) is 31.1. The normalized spacial score (nSPS) is 17.9. The van der Waals surface area contributed by atoms with E-state index in [0.717, 1.165) is 73.5 Å². The molecule has 2 saturated heterocycles. The Hall–Kier alpha value is -2.72. The fourth-order valence-corrected chi connectivity index (χ4v) is 6.28. The zero-order valence-electron chi connectivity index (χ0n) is 25.7. The minimum Gasteiger partial charge on any atom is -0.491 e. The lowest BCUT2D eigenvalue weighted by Crippen LogP contribution is -2.49. The van der Waals surface area contributed by atoms with E-state index in [9.17, 15) is 10.2 Å². The molecule has 5 rings (SSSR count). The van der Waals surface area contributed by atoms with Gasteiger partial charge in [0.05, 0.1) is 0 Å². The maximum atomic E-state index is 10.6. The molecule has 2 heterocycles. The van der Waals surface area contributed by atoms with Crippen molar-refractivity contribution in [3.8, 4) is 11.5 Å². The van der Waals surface area contributed by atoms with Crippen molar-refractivity contribution in [1.82, 2.24) is 9.80 Å². The minimum atomic E-state index is -0.586. The van der Waals surface area contributed by atoms with E-state index >= 15 is 0 Å². The summed E-state index contributed by atoms with van der Waals surface area (Å²) < 4.78 is 11.7. The number of anilines is 2. The van der Waals surface area contributed by atoms with Crippen LogP contribution in [0.25, 0.3) is 0 Å². The molecule has 2 fully saturated rings. The predicted molar refractivity (Wildman–Crippen MR) is 179 cm³/mol. The first-order valence-corrected chi connectivity index (χ1v) is 16.2. The number of hydrogen-bond donors (Lipinski definition) is 2. The molecule has 0 saturated carbocycles. The second-order valence-electron chi connectivity index (χ2n) is 11.7. The Bertz CT molecular complexity index is 1240. The van der Waals surface area contributed by atoms with Gasteiger partial charge in [0.15, 0.2) is 0 Å². The summed E-state index contributed by atoms with van der Waals surface area (Å²) in [6.45, 7) is 12.8. The molecule has 2 unspecified atom stereocenters. The maximum Gasteiger partial charge on any atom is 0.119 e. The van der Waals surface area contributed by atoms with Gasteiger partial charge in [0, 0.05) is 86.9 Å². The van der Waals surface area contributed by atoms with Gasteiger partial charge in [-0.1, -0.05) is 35.3 Å². The van der Waals surface area contributed by atoms with Gasteiger partial charge in [-0.2, -0.15) is 0 Å². The highest BCUT2D eigenvalue weighted by molar-refractivity contribution is 6.32. The molecule has 2 N–H and O–H groups in total. The third kappa shape index (κ3) is 8.71. The van der Waals surface area contributed by atoms with Crippen LogP contribution in [0.5, 0.6) is 11.5 Å². The first kappa shape index (κ1) is 32.7. The van der Waals surface area contributed by atoms with Gasteiger partial charge in [-0.15, -0.1) is 0 Å². The van der Waals surface area contributed by atoms with Gasteiger partial charge >= 0.3 is 0 Å². The molecule has 10 heteroatoms. The van der Waals surface area contributed by atoms with Gasteiger partial charge in [-0.05, 0) is 73.5 Å². The summed E-state index contributed by atoms with van der Waals surface area (Å²) in [6.07, 6.45) is -1.17. The Labute approximate surface area is 271 Å². The highest BCUT2D eigenvalue weighted by atomic mass is 35.5. The zero-order valence-corrected chi connectivity index (χ0v) is 27.2.